The van der Waals surface area contributed by atoms with E-state index in [1.54, 1.807) is 6.07 Å². The van der Waals surface area contributed by atoms with E-state index in [-0.39, 0.29) is 17.5 Å². The van der Waals surface area contributed by atoms with Crippen molar-refractivity contribution in [2.45, 2.75) is 32.9 Å². The summed E-state index contributed by atoms with van der Waals surface area (Å²) in [5.41, 5.74) is 0.621. The van der Waals surface area contributed by atoms with Crippen molar-refractivity contribution >= 4 is 5.97 Å². The summed E-state index contributed by atoms with van der Waals surface area (Å²) in [5, 5.41) is 21.9. The Balaban J connectivity index is 2.67. The maximum Gasteiger partial charge on any atom is 0.322 e. The monoisotopic (exact) mass is 267 g/mol. The van der Waals surface area contributed by atoms with Gasteiger partial charge in [-0.3, -0.25) is 4.79 Å². The number of phenolic OH excluding ortho intramolecular Hbond substituents is 2. The molecule has 0 saturated carbocycles. The molecule has 1 atom stereocenters. The summed E-state index contributed by atoms with van der Waals surface area (Å²) >= 11 is 0. The molecule has 106 valence electrons. The van der Waals surface area contributed by atoms with Crippen LogP contribution in [0.5, 0.6) is 11.5 Å². The molecule has 0 spiro atoms. The lowest BCUT2D eigenvalue weighted by molar-refractivity contribution is -0.143. The van der Waals surface area contributed by atoms with Gasteiger partial charge in [0.1, 0.15) is 17.5 Å². The number of hydrogen-bond acceptors (Lipinski definition) is 5. The van der Waals surface area contributed by atoms with Crippen LogP contribution in [0.2, 0.25) is 0 Å². The molecule has 0 saturated heterocycles. The van der Waals surface area contributed by atoms with Gasteiger partial charge in [-0.15, -0.1) is 0 Å². The largest absolute Gasteiger partial charge is 0.508 e. The SMILES string of the molecule is COC(=O)C(CC(C)C)NCc1ccc(O)cc1O. The van der Waals surface area contributed by atoms with Crippen LogP contribution in [0.1, 0.15) is 25.8 Å². The maximum absolute atomic E-state index is 11.6. The zero-order valence-corrected chi connectivity index (χ0v) is 11.5. The molecule has 1 unspecified atom stereocenters. The molecule has 1 aromatic rings. The van der Waals surface area contributed by atoms with Crippen LogP contribution in [0.3, 0.4) is 0 Å². The lowest BCUT2D eigenvalue weighted by atomic mass is 10.0. The molecule has 5 nitrogen and oxygen atoms in total. The van der Waals surface area contributed by atoms with Crippen LogP contribution in [0.25, 0.3) is 0 Å². The van der Waals surface area contributed by atoms with Crippen LogP contribution in [0.4, 0.5) is 0 Å². The second-order valence-corrected chi connectivity index (χ2v) is 4.90. The van der Waals surface area contributed by atoms with Gasteiger partial charge in [0.05, 0.1) is 7.11 Å². The van der Waals surface area contributed by atoms with Crippen LogP contribution >= 0.6 is 0 Å². The Labute approximate surface area is 113 Å². The van der Waals surface area contributed by atoms with Gasteiger partial charge in [0.15, 0.2) is 0 Å². The van der Waals surface area contributed by atoms with Crippen molar-refractivity contribution < 1.29 is 19.7 Å². The smallest absolute Gasteiger partial charge is 0.322 e. The lowest BCUT2D eigenvalue weighted by Crippen LogP contribution is -2.38. The molecule has 0 heterocycles. The number of hydrogen-bond donors (Lipinski definition) is 3. The lowest BCUT2D eigenvalue weighted by Gasteiger charge is -2.18. The fraction of sp³-hybridized carbons (Fsp3) is 0.500. The Morgan fingerprint density at radius 3 is 2.58 bits per heavy atom. The minimum Gasteiger partial charge on any atom is -0.508 e. The first kappa shape index (κ1) is 15.3. The quantitative estimate of drug-likeness (QED) is 0.685. The Hall–Kier alpha value is -1.75. The normalized spacial score (nSPS) is 12.4. The molecule has 1 aromatic carbocycles. The molecule has 1 rings (SSSR count). The third kappa shape index (κ3) is 4.79. The van der Waals surface area contributed by atoms with Gasteiger partial charge in [-0.25, -0.2) is 0 Å². The number of carbonyl (C=O) groups excluding carboxylic acids is 1. The van der Waals surface area contributed by atoms with Crippen LogP contribution in [0.15, 0.2) is 18.2 Å². The van der Waals surface area contributed by atoms with Crippen molar-refractivity contribution in [1.82, 2.24) is 5.32 Å². The third-order valence-corrected chi connectivity index (χ3v) is 2.80. The highest BCUT2D eigenvalue weighted by Crippen LogP contribution is 2.22. The minimum absolute atomic E-state index is 0.000614. The molecule has 3 N–H and O–H groups in total. The van der Waals surface area contributed by atoms with Crippen LogP contribution < -0.4 is 5.32 Å². The molecule has 19 heavy (non-hydrogen) atoms. The Morgan fingerprint density at radius 1 is 1.37 bits per heavy atom. The minimum atomic E-state index is -0.404. The first-order valence-corrected chi connectivity index (χ1v) is 6.26. The summed E-state index contributed by atoms with van der Waals surface area (Å²) in [4.78, 5) is 11.6. The van der Waals surface area contributed by atoms with E-state index in [0.717, 1.165) is 0 Å². The first-order valence-electron chi connectivity index (χ1n) is 6.26. The van der Waals surface area contributed by atoms with Gasteiger partial charge in [-0.05, 0) is 18.4 Å². The van der Waals surface area contributed by atoms with Crippen LogP contribution in [0, 0.1) is 5.92 Å². The standard InChI is InChI=1S/C14H21NO4/c1-9(2)6-12(14(18)19-3)15-8-10-4-5-11(16)7-13(10)17/h4-5,7,9,12,15-17H,6,8H2,1-3H3. The summed E-state index contributed by atoms with van der Waals surface area (Å²) in [7, 11) is 1.36. The molecule has 0 amide bonds. The van der Waals surface area contributed by atoms with Crippen molar-refractivity contribution in [3.8, 4) is 11.5 Å². The molecule has 0 aromatic heterocycles. The Kier molecular flexibility index (Phi) is 5.63. The first-order chi connectivity index (χ1) is 8.93. The number of benzene rings is 1. The van der Waals surface area contributed by atoms with Crippen LogP contribution in [-0.4, -0.2) is 29.3 Å². The van der Waals surface area contributed by atoms with Gasteiger partial charge in [0.25, 0.3) is 0 Å². The van der Waals surface area contributed by atoms with E-state index in [9.17, 15) is 15.0 Å². The van der Waals surface area contributed by atoms with E-state index in [0.29, 0.717) is 24.4 Å². The summed E-state index contributed by atoms with van der Waals surface area (Å²) in [6, 6.07) is 3.97. The van der Waals surface area contributed by atoms with Gasteiger partial charge < -0.3 is 20.3 Å². The number of esters is 1. The topological polar surface area (TPSA) is 78.8 Å². The molecular weight excluding hydrogens is 246 g/mol. The van der Waals surface area contributed by atoms with E-state index in [4.69, 9.17) is 4.74 Å². The van der Waals surface area contributed by atoms with Gasteiger partial charge >= 0.3 is 5.97 Å². The predicted molar refractivity (Wildman–Crippen MR) is 71.9 cm³/mol. The number of aromatic hydroxyl groups is 2. The highest BCUT2D eigenvalue weighted by molar-refractivity contribution is 5.75. The number of nitrogens with one attached hydrogen (secondary N) is 1. The second kappa shape index (κ2) is 6.99. The van der Waals surface area contributed by atoms with Gasteiger partial charge in [-0.1, -0.05) is 19.9 Å². The molecule has 0 bridgehead atoms. The molecule has 0 aliphatic rings. The third-order valence-electron chi connectivity index (χ3n) is 2.80. The van der Waals surface area contributed by atoms with Crippen LogP contribution in [-0.2, 0) is 16.1 Å². The van der Waals surface area contributed by atoms with Crippen molar-refractivity contribution in [1.29, 1.82) is 0 Å². The number of carbonyl (C=O) groups is 1. The average Bonchev–Trinajstić information content (AvgIpc) is 2.34. The van der Waals surface area contributed by atoms with Crippen molar-refractivity contribution in [3.63, 3.8) is 0 Å². The average molecular weight is 267 g/mol. The zero-order chi connectivity index (χ0) is 14.4. The zero-order valence-electron chi connectivity index (χ0n) is 11.5. The molecule has 0 fully saturated rings. The fourth-order valence-electron chi connectivity index (χ4n) is 1.81. The Morgan fingerprint density at radius 2 is 2.05 bits per heavy atom. The highest BCUT2D eigenvalue weighted by atomic mass is 16.5. The van der Waals surface area contributed by atoms with E-state index in [1.165, 1.54) is 19.2 Å². The fourth-order valence-corrected chi connectivity index (χ4v) is 1.81. The number of rotatable bonds is 6. The van der Waals surface area contributed by atoms with Gasteiger partial charge in [-0.2, -0.15) is 0 Å². The van der Waals surface area contributed by atoms with Gasteiger partial charge in [0, 0.05) is 18.2 Å². The maximum atomic E-state index is 11.6. The summed E-state index contributed by atoms with van der Waals surface area (Å²) in [5.74, 6) is 0.0468. The molecule has 0 radical (unpaired) electrons. The summed E-state index contributed by atoms with van der Waals surface area (Å²) in [6.45, 7) is 4.38. The van der Waals surface area contributed by atoms with Gasteiger partial charge in [0.2, 0.25) is 0 Å². The molecule has 0 aliphatic heterocycles. The summed E-state index contributed by atoms with van der Waals surface area (Å²) in [6.07, 6.45) is 0.658. The van der Waals surface area contributed by atoms with Crippen molar-refractivity contribution in [3.05, 3.63) is 23.8 Å². The van der Waals surface area contributed by atoms with Crippen molar-refractivity contribution in [2.75, 3.05) is 7.11 Å². The van der Waals surface area contributed by atoms with E-state index < -0.39 is 6.04 Å². The molecular formula is C14H21NO4. The molecule has 5 heteroatoms. The summed E-state index contributed by atoms with van der Waals surface area (Å²) < 4.78 is 4.75. The van der Waals surface area contributed by atoms with Crippen molar-refractivity contribution in [2.24, 2.45) is 5.92 Å². The molecule has 0 aliphatic carbocycles. The Bertz CT molecular complexity index is 431. The number of ether oxygens (including phenoxy) is 1. The number of phenols is 2. The predicted octanol–water partition coefficient (Wildman–Crippen LogP) is 1.78. The second-order valence-electron chi connectivity index (χ2n) is 4.90. The van der Waals surface area contributed by atoms with E-state index in [2.05, 4.69) is 5.32 Å². The van der Waals surface area contributed by atoms with E-state index in [1.807, 2.05) is 13.8 Å². The van der Waals surface area contributed by atoms with E-state index >= 15 is 0 Å². The highest BCUT2D eigenvalue weighted by Gasteiger charge is 2.20. The number of methoxy groups -OCH3 is 1.